The number of hydrogen-bond donors (Lipinski definition) is 1. The van der Waals surface area contributed by atoms with Crippen LogP contribution < -0.4 is 0 Å². The molecule has 1 aromatic heterocycles. The van der Waals surface area contributed by atoms with Crippen molar-refractivity contribution in [3.8, 4) is 0 Å². The molecule has 0 aliphatic rings. The van der Waals surface area contributed by atoms with Gasteiger partial charge in [0.05, 0.1) is 5.75 Å². The fourth-order valence-electron chi connectivity index (χ4n) is 2.58. The minimum atomic E-state index is 0.156. The third-order valence-electron chi connectivity index (χ3n) is 3.98. The predicted octanol–water partition coefficient (Wildman–Crippen LogP) is 5.44. The molecule has 0 atom stereocenters. The zero-order valence-corrected chi connectivity index (χ0v) is 14.5. The van der Waals surface area contributed by atoms with Gasteiger partial charge in [-0.05, 0) is 29.2 Å². The Kier molecular flexibility index (Phi) is 4.31. The summed E-state index contributed by atoms with van der Waals surface area (Å²) in [7, 11) is 0. The highest BCUT2D eigenvalue weighted by Crippen LogP contribution is 2.27. The third kappa shape index (κ3) is 3.50. The van der Waals surface area contributed by atoms with E-state index in [2.05, 4.69) is 50.0 Å². The molecule has 3 heteroatoms. The largest absolute Gasteiger partial charge is 0.360 e. The van der Waals surface area contributed by atoms with Crippen molar-refractivity contribution in [3.63, 3.8) is 0 Å². The summed E-state index contributed by atoms with van der Waals surface area (Å²) in [4.78, 5) is 16.8. The Morgan fingerprint density at radius 3 is 2.43 bits per heavy atom. The van der Waals surface area contributed by atoms with Crippen molar-refractivity contribution in [2.75, 3.05) is 5.75 Å². The van der Waals surface area contributed by atoms with Crippen molar-refractivity contribution in [2.24, 2.45) is 0 Å². The second-order valence-corrected chi connectivity index (χ2v) is 7.78. The number of H-pyrrole nitrogens is 1. The van der Waals surface area contributed by atoms with Crippen LogP contribution in [0.2, 0.25) is 0 Å². The van der Waals surface area contributed by atoms with Gasteiger partial charge in [0, 0.05) is 27.6 Å². The smallest absolute Gasteiger partial charge is 0.175 e. The number of aromatic nitrogens is 1. The van der Waals surface area contributed by atoms with E-state index in [1.807, 2.05) is 30.5 Å². The number of benzene rings is 2. The molecule has 3 rings (SSSR count). The van der Waals surface area contributed by atoms with Gasteiger partial charge in [-0.1, -0.05) is 51.1 Å². The zero-order valence-electron chi connectivity index (χ0n) is 13.7. The number of fused-ring (bicyclic) bond motifs is 1. The molecular weight excluding hydrogens is 302 g/mol. The normalized spacial score (nSPS) is 11.8. The van der Waals surface area contributed by atoms with Crippen molar-refractivity contribution in [3.05, 3.63) is 65.9 Å². The highest BCUT2D eigenvalue weighted by atomic mass is 32.2. The van der Waals surface area contributed by atoms with Crippen LogP contribution >= 0.6 is 11.8 Å². The maximum absolute atomic E-state index is 12.5. The van der Waals surface area contributed by atoms with Crippen LogP contribution in [0.5, 0.6) is 0 Å². The summed E-state index contributed by atoms with van der Waals surface area (Å²) in [5.74, 6) is 0.615. The molecule has 0 fully saturated rings. The lowest BCUT2D eigenvalue weighted by molar-refractivity contribution is 0.102. The summed E-state index contributed by atoms with van der Waals surface area (Å²) in [6.45, 7) is 6.61. The van der Waals surface area contributed by atoms with E-state index < -0.39 is 0 Å². The van der Waals surface area contributed by atoms with E-state index in [4.69, 9.17) is 0 Å². The number of thioether (sulfide) groups is 1. The first-order chi connectivity index (χ1) is 10.9. The highest BCUT2D eigenvalue weighted by molar-refractivity contribution is 8.00. The lowest BCUT2D eigenvalue weighted by Crippen LogP contribution is -2.10. The van der Waals surface area contributed by atoms with Crippen LogP contribution in [0.3, 0.4) is 0 Å². The SMILES string of the molecule is CC(C)(C)c1ccc(SCC(=O)c2c[nH]c3ccccc23)cc1. The monoisotopic (exact) mass is 323 g/mol. The van der Waals surface area contributed by atoms with Crippen LogP contribution in [0.15, 0.2) is 59.6 Å². The maximum atomic E-state index is 12.5. The molecule has 0 spiro atoms. The summed E-state index contributed by atoms with van der Waals surface area (Å²) < 4.78 is 0. The lowest BCUT2D eigenvalue weighted by atomic mass is 9.87. The first-order valence-electron chi connectivity index (χ1n) is 7.78. The molecule has 0 aliphatic carbocycles. The van der Waals surface area contributed by atoms with E-state index in [9.17, 15) is 4.79 Å². The van der Waals surface area contributed by atoms with Crippen LogP contribution in [0.1, 0.15) is 36.7 Å². The van der Waals surface area contributed by atoms with Crippen LogP contribution in [-0.4, -0.2) is 16.5 Å². The minimum Gasteiger partial charge on any atom is -0.360 e. The first kappa shape index (κ1) is 15.9. The van der Waals surface area contributed by atoms with Crippen LogP contribution in [0.4, 0.5) is 0 Å². The van der Waals surface area contributed by atoms with Gasteiger partial charge >= 0.3 is 0 Å². The molecule has 0 aliphatic heterocycles. The summed E-state index contributed by atoms with van der Waals surface area (Å²) >= 11 is 1.59. The number of para-hydroxylation sites is 1. The number of ketones is 1. The van der Waals surface area contributed by atoms with Gasteiger partial charge in [-0.25, -0.2) is 0 Å². The summed E-state index contributed by atoms with van der Waals surface area (Å²) in [5, 5.41) is 1.00. The predicted molar refractivity (Wildman–Crippen MR) is 98.5 cm³/mol. The molecule has 23 heavy (non-hydrogen) atoms. The Balaban J connectivity index is 1.69. The standard InChI is InChI=1S/C20H21NOS/c1-20(2,3)14-8-10-15(11-9-14)23-13-19(22)17-12-21-18-7-5-4-6-16(17)18/h4-12,21H,13H2,1-3H3. The van der Waals surface area contributed by atoms with Crippen molar-refractivity contribution < 1.29 is 4.79 Å². The van der Waals surface area contributed by atoms with Gasteiger partial charge in [-0.15, -0.1) is 11.8 Å². The Labute approximate surface area is 141 Å². The number of hydrogen-bond acceptors (Lipinski definition) is 2. The third-order valence-corrected chi connectivity index (χ3v) is 4.99. The topological polar surface area (TPSA) is 32.9 Å². The Morgan fingerprint density at radius 1 is 1.04 bits per heavy atom. The van der Waals surface area contributed by atoms with E-state index >= 15 is 0 Å². The average Bonchev–Trinajstić information content (AvgIpc) is 2.96. The molecule has 0 amide bonds. The van der Waals surface area contributed by atoms with Crippen molar-refractivity contribution in [1.82, 2.24) is 4.98 Å². The molecule has 0 unspecified atom stereocenters. The first-order valence-corrected chi connectivity index (χ1v) is 8.76. The van der Waals surface area contributed by atoms with E-state index in [1.165, 1.54) is 5.56 Å². The van der Waals surface area contributed by atoms with Crippen molar-refractivity contribution in [2.45, 2.75) is 31.1 Å². The van der Waals surface area contributed by atoms with E-state index in [0.29, 0.717) is 5.75 Å². The second-order valence-electron chi connectivity index (χ2n) is 6.73. The molecule has 0 radical (unpaired) electrons. The molecule has 0 bridgehead atoms. The van der Waals surface area contributed by atoms with Gasteiger partial charge in [-0.3, -0.25) is 4.79 Å². The number of rotatable bonds is 4. The van der Waals surface area contributed by atoms with Crippen LogP contribution in [0.25, 0.3) is 10.9 Å². The number of nitrogens with one attached hydrogen (secondary N) is 1. The molecule has 3 aromatic rings. The summed E-state index contributed by atoms with van der Waals surface area (Å²) in [6, 6.07) is 16.4. The Morgan fingerprint density at radius 2 is 1.74 bits per heavy atom. The fourth-order valence-corrected chi connectivity index (χ4v) is 3.36. The van der Waals surface area contributed by atoms with Gasteiger partial charge < -0.3 is 4.98 Å². The molecule has 118 valence electrons. The second kappa shape index (κ2) is 6.25. The van der Waals surface area contributed by atoms with Gasteiger partial charge in [0.2, 0.25) is 0 Å². The molecule has 1 heterocycles. The fraction of sp³-hybridized carbons (Fsp3) is 0.250. The zero-order chi connectivity index (χ0) is 16.4. The molecule has 0 saturated carbocycles. The van der Waals surface area contributed by atoms with E-state index in [-0.39, 0.29) is 11.2 Å². The number of Topliss-reactive ketones (excluding diaryl/α,β-unsaturated/α-hetero) is 1. The number of aromatic amines is 1. The van der Waals surface area contributed by atoms with Gasteiger partial charge in [0.1, 0.15) is 0 Å². The average molecular weight is 323 g/mol. The number of carbonyl (C=O) groups excluding carboxylic acids is 1. The molecular formula is C20H21NOS. The van der Waals surface area contributed by atoms with Crippen LogP contribution in [0, 0.1) is 0 Å². The van der Waals surface area contributed by atoms with Crippen LogP contribution in [-0.2, 0) is 5.41 Å². The van der Waals surface area contributed by atoms with Gasteiger partial charge in [0.15, 0.2) is 5.78 Å². The highest BCUT2D eigenvalue weighted by Gasteiger charge is 2.14. The van der Waals surface area contributed by atoms with Crippen molar-refractivity contribution >= 4 is 28.4 Å². The van der Waals surface area contributed by atoms with Gasteiger partial charge in [0.25, 0.3) is 0 Å². The molecule has 0 saturated heterocycles. The summed E-state index contributed by atoms with van der Waals surface area (Å²) in [6.07, 6.45) is 1.82. The van der Waals surface area contributed by atoms with E-state index in [1.54, 1.807) is 11.8 Å². The quantitative estimate of drug-likeness (QED) is 0.512. The van der Waals surface area contributed by atoms with E-state index in [0.717, 1.165) is 21.4 Å². The van der Waals surface area contributed by atoms with Gasteiger partial charge in [-0.2, -0.15) is 0 Å². The molecule has 2 aromatic carbocycles. The minimum absolute atomic E-state index is 0.156. The Bertz CT molecular complexity index is 825. The lowest BCUT2D eigenvalue weighted by Gasteiger charge is -2.19. The maximum Gasteiger partial charge on any atom is 0.175 e. The molecule has 2 nitrogen and oxygen atoms in total. The van der Waals surface area contributed by atoms with Crippen molar-refractivity contribution in [1.29, 1.82) is 0 Å². The molecule has 1 N–H and O–H groups in total. The summed E-state index contributed by atoms with van der Waals surface area (Å²) in [5.41, 5.74) is 3.25. The Hall–Kier alpha value is -2.00. The number of carbonyl (C=O) groups is 1.